The Kier molecular flexibility index (Phi) is 2.54. The standard InChI is InChI=1S/C12H11NO2/c14-12(15)6-3-8-13-9-7-10-4-1-2-5-11(10)13/h1-7,9H,8H2,(H,14,15)/b6-3+. The molecule has 0 amide bonds. The van der Waals surface area contributed by atoms with E-state index in [0.29, 0.717) is 6.54 Å². The number of carboxylic acids is 1. The molecule has 15 heavy (non-hydrogen) atoms. The summed E-state index contributed by atoms with van der Waals surface area (Å²) in [6.45, 7) is 0.583. The van der Waals surface area contributed by atoms with Crippen molar-refractivity contribution in [1.29, 1.82) is 0 Å². The van der Waals surface area contributed by atoms with Crippen molar-refractivity contribution in [3.8, 4) is 0 Å². The summed E-state index contributed by atoms with van der Waals surface area (Å²) in [6.07, 6.45) is 4.75. The van der Waals surface area contributed by atoms with Crippen molar-refractivity contribution in [3.63, 3.8) is 0 Å². The lowest BCUT2D eigenvalue weighted by Gasteiger charge is -1.99. The summed E-state index contributed by atoms with van der Waals surface area (Å²) in [7, 11) is 0. The second-order valence-corrected chi connectivity index (χ2v) is 3.27. The lowest BCUT2D eigenvalue weighted by molar-refractivity contribution is -0.131. The summed E-state index contributed by atoms with van der Waals surface area (Å²) in [6, 6.07) is 10.0. The van der Waals surface area contributed by atoms with E-state index in [2.05, 4.69) is 0 Å². The Morgan fingerprint density at radius 2 is 2.13 bits per heavy atom. The van der Waals surface area contributed by atoms with E-state index in [1.165, 1.54) is 5.39 Å². The number of para-hydroxylation sites is 1. The van der Waals surface area contributed by atoms with Gasteiger partial charge in [0.1, 0.15) is 0 Å². The number of benzene rings is 1. The van der Waals surface area contributed by atoms with Gasteiger partial charge in [-0.1, -0.05) is 24.3 Å². The van der Waals surface area contributed by atoms with Crippen LogP contribution in [0.1, 0.15) is 0 Å². The molecule has 0 fully saturated rings. The van der Waals surface area contributed by atoms with Gasteiger partial charge in [-0.15, -0.1) is 0 Å². The molecular formula is C12H11NO2. The van der Waals surface area contributed by atoms with Gasteiger partial charge < -0.3 is 9.67 Å². The first-order chi connectivity index (χ1) is 7.27. The predicted molar refractivity (Wildman–Crippen MR) is 58.7 cm³/mol. The molecule has 0 aliphatic carbocycles. The monoisotopic (exact) mass is 201 g/mol. The van der Waals surface area contributed by atoms with Crippen LogP contribution >= 0.6 is 0 Å². The van der Waals surface area contributed by atoms with Gasteiger partial charge in [-0.3, -0.25) is 0 Å². The van der Waals surface area contributed by atoms with Crippen molar-refractivity contribution >= 4 is 16.9 Å². The number of hydrogen-bond acceptors (Lipinski definition) is 1. The van der Waals surface area contributed by atoms with Crippen LogP contribution in [0.2, 0.25) is 0 Å². The van der Waals surface area contributed by atoms with Gasteiger partial charge in [0, 0.05) is 24.3 Å². The lowest BCUT2D eigenvalue weighted by Crippen LogP contribution is -1.94. The Morgan fingerprint density at radius 3 is 2.93 bits per heavy atom. The molecular weight excluding hydrogens is 190 g/mol. The molecule has 0 atom stereocenters. The molecule has 0 spiro atoms. The number of carboxylic acid groups (broad SMARTS) is 1. The van der Waals surface area contributed by atoms with Crippen molar-refractivity contribution in [3.05, 3.63) is 48.7 Å². The van der Waals surface area contributed by atoms with E-state index in [1.807, 2.05) is 41.1 Å². The number of allylic oxidation sites excluding steroid dienone is 1. The number of rotatable bonds is 3. The van der Waals surface area contributed by atoms with Gasteiger partial charge in [0.2, 0.25) is 0 Å². The van der Waals surface area contributed by atoms with Gasteiger partial charge in [0.15, 0.2) is 0 Å². The van der Waals surface area contributed by atoms with E-state index in [1.54, 1.807) is 6.08 Å². The lowest BCUT2D eigenvalue weighted by atomic mass is 10.2. The van der Waals surface area contributed by atoms with Crippen LogP contribution in [0, 0.1) is 0 Å². The zero-order valence-corrected chi connectivity index (χ0v) is 8.13. The van der Waals surface area contributed by atoms with Gasteiger partial charge in [0.25, 0.3) is 0 Å². The molecule has 3 heteroatoms. The third kappa shape index (κ3) is 2.07. The minimum atomic E-state index is -0.911. The first-order valence-electron chi connectivity index (χ1n) is 4.71. The van der Waals surface area contributed by atoms with E-state index in [0.717, 1.165) is 11.6 Å². The maximum absolute atomic E-state index is 10.3. The minimum Gasteiger partial charge on any atom is -0.478 e. The Bertz CT molecular complexity index is 511. The Balaban J connectivity index is 2.25. The van der Waals surface area contributed by atoms with E-state index in [-0.39, 0.29) is 0 Å². The quantitative estimate of drug-likeness (QED) is 0.774. The third-order valence-corrected chi connectivity index (χ3v) is 2.24. The van der Waals surface area contributed by atoms with Gasteiger partial charge in [-0.25, -0.2) is 4.79 Å². The second-order valence-electron chi connectivity index (χ2n) is 3.27. The highest BCUT2D eigenvalue weighted by molar-refractivity contribution is 5.81. The Labute approximate surface area is 87.3 Å². The molecule has 1 heterocycles. The van der Waals surface area contributed by atoms with Crippen LogP contribution in [0.25, 0.3) is 10.9 Å². The fraction of sp³-hybridized carbons (Fsp3) is 0.0833. The van der Waals surface area contributed by atoms with Gasteiger partial charge >= 0.3 is 5.97 Å². The number of aliphatic carboxylic acids is 1. The normalized spacial score (nSPS) is 11.2. The van der Waals surface area contributed by atoms with Crippen LogP contribution in [0.5, 0.6) is 0 Å². The van der Waals surface area contributed by atoms with Crippen molar-refractivity contribution < 1.29 is 9.90 Å². The molecule has 3 nitrogen and oxygen atoms in total. The fourth-order valence-electron chi connectivity index (χ4n) is 1.57. The molecule has 1 aromatic heterocycles. The molecule has 0 saturated heterocycles. The number of hydrogen-bond donors (Lipinski definition) is 1. The number of aromatic nitrogens is 1. The zero-order valence-electron chi connectivity index (χ0n) is 8.13. The number of carbonyl (C=O) groups is 1. The first kappa shape index (κ1) is 9.52. The molecule has 0 saturated carbocycles. The average molecular weight is 201 g/mol. The fourth-order valence-corrected chi connectivity index (χ4v) is 1.57. The van der Waals surface area contributed by atoms with Crippen LogP contribution in [-0.2, 0) is 11.3 Å². The molecule has 1 aromatic carbocycles. The summed E-state index contributed by atoms with van der Waals surface area (Å²) in [5.74, 6) is -0.911. The molecule has 0 radical (unpaired) electrons. The largest absolute Gasteiger partial charge is 0.478 e. The van der Waals surface area contributed by atoms with Crippen molar-refractivity contribution in [1.82, 2.24) is 4.57 Å². The highest BCUT2D eigenvalue weighted by atomic mass is 16.4. The molecule has 1 N–H and O–H groups in total. The molecule has 0 aliphatic heterocycles. The Hall–Kier alpha value is -2.03. The van der Waals surface area contributed by atoms with E-state index in [4.69, 9.17) is 5.11 Å². The highest BCUT2D eigenvalue weighted by Crippen LogP contribution is 2.14. The van der Waals surface area contributed by atoms with Crippen LogP contribution in [0.3, 0.4) is 0 Å². The Morgan fingerprint density at radius 1 is 1.33 bits per heavy atom. The molecule has 2 rings (SSSR count). The van der Waals surface area contributed by atoms with Crippen molar-refractivity contribution in [2.75, 3.05) is 0 Å². The second kappa shape index (κ2) is 4.00. The van der Waals surface area contributed by atoms with Crippen molar-refractivity contribution in [2.24, 2.45) is 0 Å². The van der Waals surface area contributed by atoms with E-state index in [9.17, 15) is 4.79 Å². The molecule has 0 aliphatic rings. The van der Waals surface area contributed by atoms with Crippen LogP contribution in [0.15, 0.2) is 48.7 Å². The minimum absolute atomic E-state index is 0.583. The summed E-state index contributed by atoms with van der Waals surface area (Å²) >= 11 is 0. The van der Waals surface area contributed by atoms with Gasteiger partial charge in [-0.2, -0.15) is 0 Å². The van der Waals surface area contributed by atoms with Crippen LogP contribution < -0.4 is 0 Å². The van der Waals surface area contributed by atoms with Gasteiger partial charge in [0.05, 0.1) is 0 Å². The summed E-state index contributed by atoms with van der Waals surface area (Å²) < 4.78 is 2.01. The molecule has 0 unspecified atom stereocenters. The molecule has 2 aromatic rings. The first-order valence-corrected chi connectivity index (χ1v) is 4.71. The third-order valence-electron chi connectivity index (χ3n) is 2.24. The summed E-state index contributed by atoms with van der Waals surface area (Å²) in [5, 5.41) is 9.63. The maximum atomic E-state index is 10.3. The smallest absolute Gasteiger partial charge is 0.328 e. The molecule has 76 valence electrons. The maximum Gasteiger partial charge on any atom is 0.328 e. The predicted octanol–water partition coefficient (Wildman–Crippen LogP) is 2.28. The summed E-state index contributed by atoms with van der Waals surface area (Å²) in [4.78, 5) is 10.3. The zero-order chi connectivity index (χ0) is 10.7. The average Bonchev–Trinajstić information content (AvgIpc) is 2.62. The molecule has 0 bridgehead atoms. The summed E-state index contributed by atoms with van der Waals surface area (Å²) in [5.41, 5.74) is 1.12. The van der Waals surface area contributed by atoms with Crippen LogP contribution in [0.4, 0.5) is 0 Å². The highest BCUT2D eigenvalue weighted by Gasteiger charge is 1.97. The SMILES string of the molecule is O=C(O)/C=C/Cn1ccc2ccccc21. The topological polar surface area (TPSA) is 42.2 Å². The van der Waals surface area contributed by atoms with E-state index >= 15 is 0 Å². The number of nitrogens with zero attached hydrogens (tertiary/aromatic N) is 1. The van der Waals surface area contributed by atoms with Crippen LogP contribution in [-0.4, -0.2) is 15.6 Å². The number of fused-ring (bicyclic) bond motifs is 1. The van der Waals surface area contributed by atoms with Gasteiger partial charge in [-0.05, 0) is 17.5 Å². The van der Waals surface area contributed by atoms with E-state index < -0.39 is 5.97 Å². The van der Waals surface area contributed by atoms with Crippen molar-refractivity contribution in [2.45, 2.75) is 6.54 Å².